The van der Waals surface area contributed by atoms with Gasteiger partial charge in [0.1, 0.15) is 12.2 Å². The maximum Gasteiger partial charge on any atom is 0.330 e. The summed E-state index contributed by atoms with van der Waals surface area (Å²) >= 11 is 0. The molecule has 0 N–H and O–H groups in total. The van der Waals surface area contributed by atoms with Crippen molar-refractivity contribution in [2.75, 3.05) is 0 Å². The molecule has 0 radical (unpaired) electrons. The SMILES string of the molecule is C[C@@H]1CC[C@@H](C(C)(C)c2ccccc2)[C@H](OC(=O)/C=C/[C@H](CC[C@H](/C=C/C(=O)O[C@@H]2C[C@H](C)CC[C@H]2C(C)(C)c2ccccc2)O[Si](c2ccccc2)(c2ccccc2)C(C)(C)C)O[Si](c2ccccc2)(c2ccccc2)C(C)(C)C)C1. The van der Waals surface area contributed by atoms with E-state index in [9.17, 15) is 9.59 Å². The molecule has 2 fully saturated rings. The first-order chi connectivity index (χ1) is 39.1. The molecule has 0 heterocycles. The summed E-state index contributed by atoms with van der Waals surface area (Å²) in [5.74, 6) is 0.432. The molecule has 0 saturated heterocycles. The fourth-order valence-electron chi connectivity index (χ4n) is 14.0. The number of hydrogen-bond acceptors (Lipinski definition) is 6. The van der Waals surface area contributed by atoms with E-state index in [-0.39, 0.29) is 56.9 Å². The summed E-state index contributed by atoms with van der Waals surface area (Å²) in [7, 11) is -6.41. The van der Waals surface area contributed by atoms with Crippen molar-refractivity contribution in [3.05, 3.63) is 217 Å². The van der Waals surface area contributed by atoms with Crippen LogP contribution in [0.15, 0.2) is 206 Å². The van der Waals surface area contributed by atoms with Crippen LogP contribution in [0.4, 0.5) is 0 Å². The number of benzene rings is 6. The molecule has 0 amide bonds. The Bertz CT molecular complexity index is 2720. The molecule has 0 spiro atoms. The molecule has 2 aliphatic carbocycles. The first kappa shape index (κ1) is 62.1. The van der Waals surface area contributed by atoms with Crippen molar-refractivity contribution in [2.45, 2.75) is 180 Å². The Labute approximate surface area is 495 Å². The van der Waals surface area contributed by atoms with Crippen LogP contribution in [0.25, 0.3) is 0 Å². The predicted octanol–water partition coefficient (Wildman–Crippen LogP) is 15.4. The maximum atomic E-state index is 14.7. The minimum absolute atomic E-state index is 0.147. The van der Waals surface area contributed by atoms with Crippen LogP contribution in [-0.2, 0) is 38.7 Å². The fraction of sp³-hybridized carbons (Fsp3) is 0.432. The Hall–Kier alpha value is -5.91. The van der Waals surface area contributed by atoms with Gasteiger partial charge in [0.15, 0.2) is 0 Å². The van der Waals surface area contributed by atoms with Gasteiger partial charge in [-0.1, -0.05) is 278 Å². The number of esters is 2. The Morgan fingerprint density at radius 2 is 0.695 bits per heavy atom. The summed E-state index contributed by atoms with van der Waals surface area (Å²) in [5, 5.41) is 3.87. The van der Waals surface area contributed by atoms with Crippen molar-refractivity contribution in [3.63, 3.8) is 0 Å². The summed E-state index contributed by atoms with van der Waals surface area (Å²) < 4.78 is 29.3. The molecule has 6 nitrogen and oxygen atoms in total. The van der Waals surface area contributed by atoms with Crippen LogP contribution in [0.5, 0.6) is 0 Å². The summed E-state index contributed by atoms with van der Waals surface area (Å²) in [6, 6.07) is 64.1. The average Bonchev–Trinajstić information content (AvgIpc) is 2.83. The van der Waals surface area contributed by atoms with Gasteiger partial charge in [-0.15, -0.1) is 0 Å². The lowest BCUT2D eigenvalue weighted by molar-refractivity contribution is -0.151. The first-order valence-electron chi connectivity index (χ1n) is 30.5. The van der Waals surface area contributed by atoms with Gasteiger partial charge in [0.25, 0.3) is 16.6 Å². The van der Waals surface area contributed by atoms with E-state index in [1.807, 2.05) is 12.2 Å². The molecule has 0 unspecified atom stereocenters. The zero-order valence-electron chi connectivity index (χ0n) is 51.4. The Balaban J connectivity index is 1.20. The maximum absolute atomic E-state index is 14.7. The van der Waals surface area contributed by atoms with Gasteiger partial charge in [0.05, 0.1) is 12.2 Å². The highest BCUT2D eigenvalue weighted by Crippen LogP contribution is 2.46. The van der Waals surface area contributed by atoms with Crippen LogP contribution < -0.4 is 20.7 Å². The smallest absolute Gasteiger partial charge is 0.330 e. The van der Waals surface area contributed by atoms with E-state index in [4.69, 9.17) is 18.3 Å². The lowest BCUT2D eigenvalue weighted by Gasteiger charge is -2.46. The Kier molecular flexibility index (Phi) is 20.3. The third kappa shape index (κ3) is 14.2. The summed E-state index contributed by atoms with van der Waals surface area (Å²) in [6.07, 6.45) is 12.2. The monoisotopic (exact) mass is 1130 g/mol. The quantitative estimate of drug-likeness (QED) is 0.0406. The van der Waals surface area contributed by atoms with Crippen LogP contribution in [0.1, 0.15) is 146 Å². The van der Waals surface area contributed by atoms with Gasteiger partial charge in [-0.05, 0) is 115 Å². The van der Waals surface area contributed by atoms with Crippen LogP contribution in [-0.4, -0.2) is 53.0 Å². The molecule has 2 saturated carbocycles. The second kappa shape index (κ2) is 26.8. The molecule has 8 atom stereocenters. The number of ether oxygens (including phenoxy) is 2. The third-order valence-electron chi connectivity index (χ3n) is 18.7. The minimum atomic E-state index is -3.20. The molecule has 0 aromatic heterocycles. The van der Waals surface area contributed by atoms with Crippen LogP contribution in [0, 0.1) is 23.7 Å². The molecule has 8 rings (SSSR count). The van der Waals surface area contributed by atoms with E-state index < -0.39 is 28.8 Å². The van der Waals surface area contributed by atoms with Crippen molar-refractivity contribution in [3.8, 4) is 0 Å². The van der Waals surface area contributed by atoms with Crippen LogP contribution in [0.3, 0.4) is 0 Å². The molecule has 82 heavy (non-hydrogen) atoms. The van der Waals surface area contributed by atoms with Crippen molar-refractivity contribution in [2.24, 2.45) is 23.7 Å². The lowest BCUT2D eigenvalue weighted by Crippen LogP contribution is -2.68. The molecule has 0 bridgehead atoms. The molecule has 0 aliphatic heterocycles. The van der Waals surface area contributed by atoms with E-state index in [1.165, 1.54) is 11.1 Å². The normalized spacial score (nSPS) is 21.2. The van der Waals surface area contributed by atoms with Crippen molar-refractivity contribution in [1.29, 1.82) is 0 Å². The molecular formula is C74H94O6Si2. The van der Waals surface area contributed by atoms with Gasteiger partial charge in [-0.2, -0.15) is 0 Å². The highest BCUT2D eigenvalue weighted by atomic mass is 28.4. The van der Waals surface area contributed by atoms with Crippen LogP contribution >= 0.6 is 0 Å². The van der Waals surface area contributed by atoms with E-state index in [1.54, 1.807) is 12.2 Å². The number of rotatable bonds is 21. The summed E-state index contributed by atoms with van der Waals surface area (Å²) in [5.41, 5.74) is 2.09. The van der Waals surface area contributed by atoms with Gasteiger partial charge >= 0.3 is 11.9 Å². The molecule has 8 heteroatoms. The van der Waals surface area contributed by atoms with E-state index in [2.05, 4.69) is 265 Å². The number of hydrogen-bond donors (Lipinski definition) is 0. The topological polar surface area (TPSA) is 71.1 Å². The predicted molar refractivity (Wildman–Crippen MR) is 344 cm³/mol. The molecular weight excluding hydrogens is 1040 g/mol. The van der Waals surface area contributed by atoms with E-state index in [0.29, 0.717) is 24.7 Å². The Morgan fingerprint density at radius 1 is 0.427 bits per heavy atom. The van der Waals surface area contributed by atoms with E-state index in [0.717, 1.165) is 59.3 Å². The van der Waals surface area contributed by atoms with Gasteiger partial charge < -0.3 is 18.3 Å². The van der Waals surface area contributed by atoms with Crippen molar-refractivity contribution >= 4 is 49.3 Å². The van der Waals surface area contributed by atoms with E-state index >= 15 is 0 Å². The zero-order valence-corrected chi connectivity index (χ0v) is 53.4. The molecule has 434 valence electrons. The largest absolute Gasteiger partial charge is 0.459 e. The lowest BCUT2D eigenvalue weighted by atomic mass is 9.64. The van der Waals surface area contributed by atoms with Crippen molar-refractivity contribution < 1.29 is 27.9 Å². The first-order valence-corrected chi connectivity index (χ1v) is 34.3. The fourth-order valence-corrected chi connectivity index (χ4v) is 23.4. The summed E-state index contributed by atoms with van der Waals surface area (Å²) in [4.78, 5) is 29.4. The molecule has 2 aliphatic rings. The molecule has 6 aromatic rings. The highest BCUT2D eigenvalue weighted by molar-refractivity contribution is 7.00. The standard InChI is InChI=1S/C74H94O6Si2/c1-55-43-49-65(73(9,10)57-31-19-13-20-32-57)67(53-55)77-69(75)51-47-59(79-81(71(3,4)5,61-35-23-15-24-36-61)62-37-25-16-26-38-62)45-46-60(80-82(72(6,7)8,63-39-27-17-28-40-63)64-41-29-18-30-42-64)48-52-70(76)78-68-54-56(2)44-50-66(68)74(11,12)58-33-21-14-22-34-58/h13-42,47-48,51-52,55-56,59-60,65-68H,43-46,49-50,53-54H2,1-12H3/b51-47+,52-48+/t55-,56-,59-,60+,65-,66-,67-,68-/m1/s1. The second-order valence-electron chi connectivity index (χ2n) is 27.1. The van der Waals surface area contributed by atoms with Gasteiger partial charge in [0.2, 0.25) is 0 Å². The van der Waals surface area contributed by atoms with Crippen molar-refractivity contribution in [1.82, 2.24) is 0 Å². The molecule has 6 aromatic carbocycles. The highest BCUT2D eigenvalue weighted by Gasteiger charge is 2.53. The van der Waals surface area contributed by atoms with Gasteiger partial charge in [-0.3, -0.25) is 0 Å². The van der Waals surface area contributed by atoms with Gasteiger partial charge in [0, 0.05) is 24.0 Å². The van der Waals surface area contributed by atoms with Gasteiger partial charge in [-0.25, -0.2) is 9.59 Å². The number of carbonyl (C=O) groups is 2. The zero-order chi connectivity index (χ0) is 58.8. The Morgan fingerprint density at radius 3 is 0.963 bits per heavy atom. The average molecular weight is 1140 g/mol. The second-order valence-corrected chi connectivity index (χ2v) is 35.6. The minimum Gasteiger partial charge on any atom is -0.459 e. The summed E-state index contributed by atoms with van der Waals surface area (Å²) in [6.45, 7) is 27.5. The number of carbonyl (C=O) groups excluding carboxylic acids is 2. The van der Waals surface area contributed by atoms with Crippen LogP contribution in [0.2, 0.25) is 10.1 Å². The third-order valence-corrected chi connectivity index (χ3v) is 28.8.